The van der Waals surface area contributed by atoms with Crippen molar-refractivity contribution < 1.29 is 19.1 Å². The van der Waals surface area contributed by atoms with Crippen molar-refractivity contribution in [3.8, 4) is 0 Å². The first-order chi connectivity index (χ1) is 20.3. The summed E-state index contributed by atoms with van der Waals surface area (Å²) in [4.78, 5) is 37.5. The van der Waals surface area contributed by atoms with E-state index in [-0.39, 0.29) is 37.0 Å². The topological polar surface area (TPSA) is 148 Å². The van der Waals surface area contributed by atoms with Gasteiger partial charge in [-0.1, -0.05) is 104 Å². The van der Waals surface area contributed by atoms with E-state index in [4.69, 9.17) is 20.9 Å². The summed E-state index contributed by atoms with van der Waals surface area (Å²) in [6, 6.07) is -0.649. The van der Waals surface area contributed by atoms with Gasteiger partial charge in [0.05, 0.1) is 25.7 Å². The number of nitrogens with two attached hydrogens (primary N) is 2. The number of anilines is 1. The number of carbonyl (C=O) groups is 2. The third-order valence-electron chi connectivity index (χ3n) is 8.10. The van der Waals surface area contributed by atoms with Crippen LogP contribution in [-0.4, -0.2) is 50.7 Å². The van der Waals surface area contributed by atoms with Crippen molar-refractivity contribution in [1.29, 1.82) is 0 Å². The molecule has 4 N–H and O–H groups in total. The van der Waals surface area contributed by atoms with Gasteiger partial charge in [0.2, 0.25) is 5.95 Å². The normalized spacial score (nSPS) is 13.6. The summed E-state index contributed by atoms with van der Waals surface area (Å²) in [6.07, 6.45) is 21.4. The lowest BCUT2D eigenvalue weighted by Gasteiger charge is -2.20. The van der Waals surface area contributed by atoms with E-state index in [0.29, 0.717) is 30.6 Å². The highest BCUT2D eigenvalue weighted by Crippen LogP contribution is 2.17. The number of carbonyl (C=O) groups excluding carboxylic acids is 2. The van der Waals surface area contributed by atoms with Gasteiger partial charge in [-0.25, -0.2) is 9.97 Å². The summed E-state index contributed by atoms with van der Waals surface area (Å²) in [5, 5.41) is 0. The standard InChI is InChI=1S/C32H56N6O4/c1-4-6-7-8-9-10-11-12-13-14-15-16-17-18-28(39)42-23-26(19-20-41-31(40)29(33)25(3)5-2)22-38-24-36-27-21-35-32(34)37-30(27)38/h21,24-26,29H,4-20,22-23,33H2,1-3H3,(H2,34,35,37)/t25-,26+,29-/m0/s1. The second kappa shape index (κ2) is 21.0. The summed E-state index contributed by atoms with van der Waals surface area (Å²) >= 11 is 0. The van der Waals surface area contributed by atoms with E-state index >= 15 is 0 Å². The number of rotatable bonds is 24. The Morgan fingerprint density at radius 1 is 0.905 bits per heavy atom. The summed E-state index contributed by atoms with van der Waals surface area (Å²) in [5.41, 5.74) is 13.0. The summed E-state index contributed by atoms with van der Waals surface area (Å²) in [7, 11) is 0. The summed E-state index contributed by atoms with van der Waals surface area (Å²) in [6.45, 7) is 7.07. The third-order valence-corrected chi connectivity index (χ3v) is 8.10. The van der Waals surface area contributed by atoms with Gasteiger partial charge in [-0.15, -0.1) is 0 Å². The van der Waals surface area contributed by atoms with Crippen molar-refractivity contribution in [2.75, 3.05) is 18.9 Å². The van der Waals surface area contributed by atoms with Crippen LogP contribution in [0.25, 0.3) is 11.2 Å². The Morgan fingerprint density at radius 2 is 1.52 bits per heavy atom. The Bertz CT molecular complexity index is 1030. The molecule has 10 nitrogen and oxygen atoms in total. The van der Waals surface area contributed by atoms with Crippen LogP contribution < -0.4 is 11.5 Å². The Hall–Kier alpha value is -2.75. The van der Waals surface area contributed by atoms with E-state index in [2.05, 4.69) is 21.9 Å². The molecule has 2 aromatic heterocycles. The fraction of sp³-hybridized carbons (Fsp3) is 0.781. The number of hydrogen-bond acceptors (Lipinski definition) is 9. The van der Waals surface area contributed by atoms with Crippen molar-refractivity contribution in [2.24, 2.45) is 17.6 Å². The number of hydrogen-bond donors (Lipinski definition) is 2. The maximum atomic E-state index is 12.5. The monoisotopic (exact) mass is 588 g/mol. The zero-order valence-corrected chi connectivity index (χ0v) is 26.4. The second-order valence-electron chi connectivity index (χ2n) is 11.7. The number of esters is 2. The Kier molecular flexibility index (Phi) is 17.7. The van der Waals surface area contributed by atoms with Crippen molar-refractivity contribution in [2.45, 2.75) is 136 Å². The molecule has 0 saturated heterocycles. The van der Waals surface area contributed by atoms with Crippen molar-refractivity contribution >= 4 is 29.1 Å². The zero-order chi connectivity index (χ0) is 30.6. The van der Waals surface area contributed by atoms with Gasteiger partial charge in [0.15, 0.2) is 5.65 Å². The molecule has 238 valence electrons. The Morgan fingerprint density at radius 3 is 2.14 bits per heavy atom. The molecule has 0 fully saturated rings. The second-order valence-corrected chi connectivity index (χ2v) is 11.7. The van der Waals surface area contributed by atoms with Crippen molar-refractivity contribution in [3.05, 3.63) is 12.5 Å². The molecule has 0 radical (unpaired) electrons. The first kappa shape index (κ1) is 35.4. The summed E-state index contributed by atoms with van der Waals surface area (Å²) in [5.74, 6) is -0.501. The van der Waals surface area contributed by atoms with Gasteiger partial charge < -0.3 is 25.5 Å². The number of imidazole rings is 1. The predicted octanol–water partition coefficient (Wildman–Crippen LogP) is 6.36. The number of nitrogens with zero attached hydrogens (tertiary/aromatic N) is 4. The molecule has 0 aliphatic heterocycles. The Balaban J connectivity index is 1.72. The van der Waals surface area contributed by atoms with Gasteiger partial charge in [0.25, 0.3) is 0 Å². The number of fused-ring (bicyclic) bond motifs is 1. The maximum absolute atomic E-state index is 12.5. The van der Waals surface area contributed by atoms with Crippen LogP contribution >= 0.6 is 0 Å². The molecule has 2 heterocycles. The van der Waals surface area contributed by atoms with Crippen molar-refractivity contribution in [1.82, 2.24) is 19.5 Å². The van der Waals surface area contributed by atoms with Crippen LogP contribution in [0.1, 0.15) is 124 Å². The van der Waals surface area contributed by atoms with Gasteiger partial charge >= 0.3 is 11.9 Å². The molecule has 0 bridgehead atoms. The highest BCUT2D eigenvalue weighted by molar-refractivity contribution is 5.75. The van der Waals surface area contributed by atoms with Crippen LogP contribution in [0.15, 0.2) is 12.5 Å². The van der Waals surface area contributed by atoms with Crippen LogP contribution in [0.4, 0.5) is 5.95 Å². The third kappa shape index (κ3) is 13.9. The number of aromatic nitrogens is 4. The highest BCUT2D eigenvalue weighted by Gasteiger charge is 2.22. The molecule has 0 aliphatic carbocycles. The molecule has 2 aromatic rings. The Labute approximate surface area is 252 Å². The smallest absolute Gasteiger partial charge is 0.323 e. The van der Waals surface area contributed by atoms with E-state index in [1.165, 1.54) is 64.2 Å². The molecule has 0 aromatic carbocycles. The highest BCUT2D eigenvalue weighted by atomic mass is 16.5. The molecule has 2 rings (SSSR count). The van der Waals surface area contributed by atoms with E-state index in [1.807, 2.05) is 18.4 Å². The first-order valence-electron chi connectivity index (χ1n) is 16.4. The molecule has 0 unspecified atom stereocenters. The van der Waals surface area contributed by atoms with Crippen LogP contribution in [-0.2, 0) is 25.6 Å². The van der Waals surface area contributed by atoms with Crippen LogP contribution in [0, 0.1) is 11.8 Å². The number of ether oxygens (including phenoxy) is 2. The lowest BCUT2D eigenvalue weighted by molar-refractivity contribution is -0.149. The summed E-state index contributed by atoms with van der Waals surface area (Å²) < 4.78 is 13.0. The minimum atomic E-state index is -0.649. The largest absolute Gasteiger partial charge is 0.465 e. The fourth-order valence-electron chi connectivity index (χ4n) is 4.99. The molecular formula is C32H56N6O4. The van der Waals surface area contributed by atoms with Crippen LogP contribution in [0.2, 0.25) is 0 Å². The fourth-order valence-corrected chi connectivity index (χ4v) is 4.99. The van der Waals surface area contributed by atoms with Gasteiger partial charge in [0.1, 0.15) is 11.6 Å². The van der Waals surface area contributed by atoms with E-state index in [1.54, 1.807) is 12.5 Å². The SMILES string of the molecule is CCCCCCCCCCCCCCCC(=O)OC[C@H](CCOC(=O)[C@@H](N)[C@@H](C)CC)Cn1cnc2cnc(N)nc21. The molecule has 0 spiro atoms. The number of unbranched alkanes of at least 4 members (excludes halogenated alkanes) is 12. The van der Waals surface area contributed by atoms with Gasteiger partial charge in [-0.3, -0.25) is 9.59 Å². The average Bonchev–Trinajstić information content (AvgIpc) is 3.38. The lowest BCUT2D eigenvalue weighted by atomic mass is 10.0. The van der Waals surface area contributed by atoms with E-state index < -0.39 is 12.0 Å². The van der Waals surface area contributed by atoms with E-state index in [0.717, 1.165) is 25.7 Å². The molecule has 10 heteroatoms. The minimum Gasteiger partial charge on any atom is -0.465 e. The molecule has 0 aliphatic rings. The zero-order valence-electron chi connectivity index (χ0n) is 26.4. The minimum absolute atomic E-state index is 0.0433. The van der Waals surface area contributed by atoms with Crippen LogP contribution in [0.5, 0.6) is 0 Å². The quantitative estimate of drug-likeness (QED) is 0.106. The van der Waals surface area contributed by atoms with Gasteiger partial charge in [0, 0.05) is 18.9 Å². The van der Waals surface area contributed by atoms with Gasteiger partial charge in [-0.2, -0.15) is 4.98 Å². The molecule has 42 heavy (non-hydrogen) atoms. The maximum Gasteiger partial charge on any atom is 0.323 e. The van der Waals surface area contributed by atoms with Crippen molar-refractivity contribution in [3.63, 3.8) is 0 Å². The van der Waals surface area contributed by atoms with Crippen LogP contribution in [0.3, 0.4) is 0 Å². The average molecular weight is 589 g/mol. The van der Waals surface area contributed by atoms with Gasteiger partial charge in [-0.05, 0) is 18.8 Å². The first-order valence-corrected chi connectivity index (χ1v) is 16.4. The lowest BCUT2D eigenvalue weighted by Crippen LogP contribution is -2.38. The molecule has 3 atom stereocenters. The number of nitrogen functional groups attached to an aromatic ring is 1. The molecule has 0 amide bonds. The van der Waals surface area contributed by atoms with E-state index in [9.17, 15) is 9.59 Å². The predicted molar refractivity (Wildman–Crippen MR) is 168 cm³/mol. The molecular weight excluding hydrogens is 532 g/mol. The molecule has 0 saturated carbocycles.